The first-order valence-corrected chi connectivity index (χ1v) is 9.40. The van der Waals surface area contributed by atoms with Gasteiger partial charge in [-0.15, -0.1) is 0 Å². The van der Waals surface area contributed by atoms with Gasteiger partial charge < -0.3 is 5.73 Å². The molecule has 0 atom stereocenters. The fraction of sp³-hybridized carbons (Fsp3) is 0.500. The van der Waals surface area contributed by atoms with Crippen molar-refractivity contribution in [3.05, 3.63) is 23.5 Å². The summed E-state index contributed by atoms with van der Waals surface area (Å²) in [7, 11) is -7.67. The SMILES string of the molecule is Cc1cc(F)c(S(=O)(=O)NCC(C)(C)S(C)(=O)=O)cc1N. The van der Waals surface area contributed by atoms with Gasteiger partial charge in [0.1, 0.15) is 10.7 Å². The largest absolute Gasteiger partial charge is 0.398 e. The van der Waals surface area contributed by atoms with E-state index >= 15 is 0 Å². The zero-order valence-corrected chi connectivity index (χ0v) is 13.9. The third-order valence-corrected chi connectivity index (χ3v) is 6.87. The first-order chi connectivity index (χ1) is 9.28. The molecule has 1 aromatic carbocycles. The van der Waals surface area contributed by atoms with Crippen LogP contribution in [0.1, 0.15) is 19.4 Å². The molecule has 0 aliphatic heterocycles. The number of nitrogens with two attached hydrogens (primary N) is 1. The molecule has 21 heavy (non-hydrogen) atoms. The zero-order valence-electron chi connectivity index (χ0n) is 12.3. The van der Waals surface area contributed by atoms with Crippen molar-refractivity contribution < 1.29 is 21.2 Å². The maximum Gasteiger partial charge on any atom is 0.243 e. The Morgan fingerprint density at radius 1 is 1.24 bits per heavy atom. The third-order valence-electron chi connectivity index (χ3n) is 3.30. The van der Waals surface area contributed by atoms with Crippen LogP contribution in [0.5, 0.6) is 0 Å². The monoisotopic (exact) mass is 338 g/mol. The molecule has 0 fully saturated rings. The Kier molecular flexibility index (Phi) is 4.71. The van der Waals surface area contributed by atoms with Crippen LogP contribution in [-0.2, 0) is 19.9 Å². The van der Waals surface area contributed by atoms with Crippen molar-refractivity contribution in [1.82, 2.24) is 4.72 Å². The average molecular weight is 338 g/mol. The number of hydrogen-bond donors (Lipinski definition) is 2. The summed E-state index contributed by atoms with van der Waals surface area (Å²) >= 11 is 0. The number of anilines is 1. The van der Waals surface area contributed by atoms with E-state index in [9.17, 15) is 21.2 Å². The van der Waals surface area contributed by atoms with Crippen molar-refractivity contribution in [1.29, 1.82) is 0 Å². The lowest BCUT2D eigenvalue weighted by molar-refractivity contribution is 0.531. The lowest BCUT2D eigenvalue weighted by Crippen LogP contribution is -2.43. The van der Waals surface area contributed by atoms with Gasteiger partial charge in [-0.25, -0.2) is 25.9 Å². The summed E-state index contributed by atoms with van der Waals surface area (Å²) in [5, 5.41) is 0. The second-order valence-electron chi connectivity index (χ2n) is 5.50. The number of sulfonamides is 1. The predicted molar refractivity (Wildman–Crippen MR) is 79.7 cm³/mol. The summed E-state index contributed by atoms with van der Waals surface area (Å²) in [5.41, 5.74) is 6.14. The Morgan fingerprint density at radius 3 is 2.24 bits per heavy atom. The van der Waals surface area contributed by atoms with E-state index in [2.05, 4.69) is 4.72 Å². The van der Waals surface area contributed by atoms with E-state index < -0.39 is 35.3 Å². The Morgan fingerprint density at radius 2 is 1.76 bits per heavy atom. The summed E-state index contributed by atoms with van der Waals surface area (Å²) < 4.78 is 61.8. The molecule has 0 radical (unpaired) electrons. The Bertz CT molecular complexity index is 756. The number of rotatable bonds is 5. The summed E-state index contributed by atoms with van der Waals surface area (Å²) in [4.78, 5) is -0.602. The molecule has 0 saturated heterocycles. The van der Waals surface area contributed by atoms with Crippen LogP contribution in [0.4, 0.5) is 10.1 Å². The van der Waals surface area contributed by atoms with Gasteiger partial charge in [0.2, 0.25) is 10.0 Å². The molecule has 120 valence electrons. The molecule has 0 heterocycles. The van der Waals surface area contributed by atoms with Gasteiger partial charge in [-0.2, -0.15) is 0 Å². The van der Waals surface area contributed by atoms with E-state index in [4.69, 9.17) is 5.73 Å². The summed E-state index contributed by atoms with van der Waals surface area (Å²) in [6.07, 6.45) is 1.01. The summed E-state index contributed by atoms with van der Waals surface area (Å²) in [6, 6.07) is 2.03. The van der Waals surface area contributed by atoms with Crippen LogP contribution < -0.4 is 10.5 Å². The molecular formula is C12H19FN2O4S2. The van der Waals surface area contributed by atoms with Crippen LogP contribution >= 0.6 is 0 Å². The molecule has 0 aliphatic rings. The topological polar surface area (TPSA) is 106 Å². The van der Waals surface area contributed by atoms with Crippen molar-refractivity contribution in [3.8, 4) is 0 Å². The maximum atomic E-state index is 13.8. The number of nitrogens with one attached hydrogen (secondary N) is 1. The van der Waals surface area contributed by atoms with Gasteiger partial charge in [-0.1, -0.05) is 0 Å². The maximum absolute atomic E-state index is 13.8. The van der Waals surface area contributed by atoms with Gasteiger partial charge >= 0.3 is 0 Å². The second kappa shape index (κ2) is 5.54. The van der Waals surface area contributed by atoms with E-state index in [-0.39, 0.29) is 12.2 Å². The van der Waals surface area contributed by atoms with Crippen LogP contribution in [0.2, 0.25) is 0 Å². The van der Waals surface area contributed by atoms with E-state index in [1.807, 2.05) is 0 Å². The van der Waals surface area contributed by atoms with E-state index in [0.717, 1.165) is 18.4 Å². The minimum Gasteiger partial charge on any atom is -0.398 e. The minimum absolute atomic E-state index is 0.138. The highest BCUT2D eigenvalue weighted by molar-refractivity contribution is 7.92. The van der Waals surface area contributed by atoms with Gasteiger partial charge in [0, 0.05) is 18.5 Å². The smallest absolute Gasteiger partial charge is 0.243 e. The highest BCUT2D eigenvalue weighted by Crippen LogP contribution is 2.22. The first-order valence-electron chi connectivity index (χ1n) is 6.03. The van der Waals surface area contributed by atoms with Crippen molar-refractivity contribution in [2.24, 2.45) is 0 Å². The highest BCUT2D eigenvalue weighted by atomic mass is 32.2. The van der Waals surface area contributed by atoms with Gasteiger partial charge in [-0.05, 0) is 38.5 Å². The van der Waals surface area contributed by atoms with E-state index in [0.29, 0.717) is 5.56 Å². The number of aryl methyl sites for hydroxylation is 1. The predicted octanol–water partition coefficient (Wildman–Crippen LogP) is 0.818. The first kappa shape index (κ1) is 17.9. The van der Waals surface area contributed by atoms with Crippen molar-refractivity contribution in [2.75, 3.05) is 18.5 Å². The molecule has 9 heteroatoms. The molecule has 0 aromatic heterocycles. The van der Waals surface area contributed by atoms with Gasteiger partial charge in [0.05, 0.1) is 4.75 Å². The van der Waals surface area contributed by atoms with Gasteiger partial charge in [0.15, 0.2) is 9.84 Å². The number of sulfone groups is 1. The molecule has 1 rings (SSSR count). The molecule has 1 aromatic rings. The van der Waals surface area contributed by atoms with Crippen molar-refractivity contribution in [2.45, 2.75) is 30.4 Å². The van der Waals surface area contributed by atoms with E-state index in [1.165, 1.54) is 13.8 Å². The lowest BCUT2D eigenvalue weighted by Gasteiger charge is -2.22. The zero-order chi connectivity index (χ0) is 16.6. The van der Waals surface area contributed by atoms with Crippen LogP contribution in [0, 0.1) is 12.7 Å². The highest BCUT2D eigenvalue weighted by Gasteiger charge is 2.32. The number of halogens is 1. The molecule has 0 saturated carbocycles. The average Bonchev–Trinajstić information content (AvgIpc) is 2.30. The van der Waals surface area contributed by atoms with Crippen LogP contribution in [-0.4, -0.2) is 34.4 Å². The molecule has 0 spiro atoms. The summed E-state index contributed by atoms with van der Waals surface area (Å²) in [5.74, 6) is -0.939. The van der Waals surface area contributed by atoms with Gasteiger partial charge in [-0.3, -0.25) is 0 Å². The van der Waals surface area contributed by atoms with Crippen molar-refractivity contribution >= 4 is 25.5 Å². The number of nitrogen functional groups attached to an aromatic ring is 1. The molecule has 3 N–H and O–H groups in total. The Hall–Kier alpha value is -1.19. The van der Waals surface area contributed by atoms with Crippen LogP contribution in [0.3, 0.4) is 0 Å². The fourth-order valence-corrected chi connectivity index (χ4v) is 3.08. The fourth-order valence-electron chi connectivity index (χ4n) is 1.35. The molecule has 0 amide bonds. The van der Waals surface area contributed by atoms with E-state index in [1.54, 1.807) is 6.92 Å². The third kappa shape index (κ3) is 3.92. The molecule has 0 aliphatic carbocycles. The minimum atomic E-state index is -4.19. The quantitative estimate of drug-likeness (QED) is 0.773. The molecule has 0 unspecified atom stereocenters. The second-order valence-corrected chi connectivity index (χ2v) is 9.88. The summed E-state index contributed by atoms with van der Waals surface area (Å²) in [6.45, 7) is 3.94. The van der Waals surface area contributed by atoms with Crippen LogP contribution in [0.25, 0.3) is 0 Å². The normalized spacial score (nSPS) is 13.4. The van der Waals surface area contributed by atoms with Crippen LogP contribution in [0.15, 0.2) is 17.0 Å². The standard InChI is InChI=1S/C12H19FN2O4S2/c1-8-5-9(13)11(6-10(8)14)21(18,19)15-7-12(2,3)20(4,16)17/h5-6,15H,7,14H2,1-4H3. The Labute approximate surface area is 124 Å². The van der Waals surface area contributed by atoms with Crippen molar-refractivity contribution in [3.63, 3.8) is 0 Å². The lowest BCUT2D eigenvalue weighted by atomic mass is 10.2. The molecular weight excluding hydrogens is 319 g/mol. The number of benzene rings is 1. The molecule has 6 nitrogen and oxygen atoms in total. The molecule has 0 bridgehead atoms. The Balaban J connectivity index is 3.12. The number of hydrogen-bond acceptors (Lipinski definition) is 5. The van der Waals surface area contributed by atoms with Gasteiger partial charge in [0.25, 0.3) is 0 Å².